The van der Waals surface area contributed by atoms with Gasteiger partial charge in [0.1, 0.15) is 5.82 Å². The van der Waals surface area contributed by atoms with E-state index in [4.69, 9.17) is 0 Å². The Hall–Kier alpha value is -1.71. The number of carbonyl (C=O) groups excluding carboxylic acids is 2. The van der Waals surface area contributed by atoms with Gasteiger partial charge in [-0.2, -0.15) is 0 Å². The quantitative estimate of drug-likeness (QED) is 0.501. The van der Waals surface area contributed by atoms with Gasteiger partial charge in [0, 0.05) is 0 Å². The third kappa shape index (κ3) is 1.51. The van der Waals surface area contributed by atoms with E-state index in [-0.39, 0.29) is 6.42 Å². The molecule has 72 valence electrons. The lowest BCUT2D eigenvalue weighted by molar-refractivity contribution is -0.152. The van der Waals surface area contributed by atoms with E-state index in [0.29, 0.717) is 5.56 Å². The van der Waals surface area contributed by atoms with Gasteiger partial charge in [0.05, 0.1) is 12.3 Å². The topological polar surface area (TPSA) is 43.4 Å². The molecule has 0 aromatic heterocycles. The highest BCUT2D eigenvalue weighted by atomic mass is 19.1. The van der Waals surface area contributed by atoms with Crippen LogP contribution in [-0.4, -0.2) is 11.9 Å². The molecule has 0 spiro atoms. The molecular weight excluding hydrogens is 187 g/mol. The monoisotopic (exact) mass is 194 g/mol. The van der Waals surface area contributed by atoms with Gasteiger partial charge in [0.25, 0.3) is 0 Å². The van der Waals surface area contributed by atoms with Gasteiger partial charge in [-0.3, -0.25) is 9.59 Å². The van der Waals surface area contributed by atoms with Crippen molar-refractivity contribution < 1.29 is 18.7 Å². The van der Waals surface area contributed by atoms with Crippen LogP contribution >= 0.6 is 0 Å². The van der Waals surface area contributed by atoms with Crippen molar-refractivity contribution in [2.24, 2.45) is 0 Å². The van der Waals surface area contributed by atoms with Crippen molar-refractivity contribution in [1.82, 2.24) is 0 Å². The molecule has 0 N–H and O–H groups in total. The Kier molecular flexibility index (Phi) is 2.04. The lowest BCUT2D eigenvalue weighted by atomic mass is 9.98. The minimum Gasteiger partial charge on any atom is -0.393 e. The van der Waals surface area contributed by atoms with Gasteiger partial charge in [0.2, 0.25) is 0 Å². The highest BCUT2D eigenvalue weighted by molar-refractivity contribution is 5.97. The highest BCUT2D eigenvalue weighted by Gasteiger charge is 2.34. The molecule has 0 bridgehead atoms. The number of cyclic esters (lactones) is 2. The first-order valence-electron chi connectivity index (χ1n) is 4.17. The minimum absolute atomic E-state index is 0.00227. The maximum atomic E-state index is 12.8. The third-order valence-corrected chi connectivity index (χ3v) is 2.12. The maximum Gasteiger partial charge on any atom is 0.321 e. The molecule has 2 rings (SSSR count). The van der Waals surface area contributed by atoms with Crippen LogP contribution < -0.4 is 0 Å². The number of ether oxygens (including phenoxy) is 1. The van der Waals surface area contributed by atoms with Crippen molar-refractivity contribution in [3.8, 4) is 0 Å². The second-order valence-electron chi connectivity index (χ2n) is 3.10. The van der Waals surface area contributed by atoms with Crippen molar-refractivity contribution in [3.05, 3.63) is 35.6 Å². The number of halogens is 1. The third-order valence-electron chi connectivity index (χ3n) is 2.12. The first-order chi connectivity index (χ1) is 6.66. The zero-order chi connectivity index (χ0) is 10.1. The minimum atomic E-state index is -0.641. The summed E-state index contributed by atoms with van der Waals surface area (Å²) in [7, 11) is 0. The largest absolute Gasteiger partial charge is 0.393 e. The molecule has 0 radical (unpaired) electrons. The van der Waals surface area contributed by atoms with Gasteiger partial charge in [-0.1, -0.05) is 12.1 Å². The maximum absolute atomic E-state index is 12.8. The fraction of sp³-hybridized carbons (Fsp3) is 0.200. The molecule has 1 aliphatic heterocycles. The molecule has 3 nitrogen and oxygen atoms in total. The average molecular weight is 194 g/mol. The number of esters is 2. The van der Waals surface area contributed by atoms with E-state index >= 15 is 0 Å². The van der Waals surface area contributed by atoms with Crippen LogP contribution in [0.25, 0.3) is 0 Å². The lowest BCUT2D eigenvalue weighted by Crippen LogP contribution is -2.05. The Morgan fingerprint density at radius 1 is 1.36 bits per heavy atom. The fourth-order valence-corrected chi connectivity index (χ4v) is 1.45. The number of hydrogen-bond donors (Lipinski definition) is 0. The van der Waals surface area contributed by atoms with E-state index in [0.717, 1.165) is 0 Å². The predicted molar refractivity (Wildman–Crippen MR) is 44.9 cm³/mol. The number of benzene rings is 1. The van der Waals surface area contributed by atoms with Crippen LogP contribution in [0, 0.1) is 5.82 Å². The molecule has 0 saturated carbocycles. The molecule has 1 fully saturated rings. The summed E-state index contributed by atoms with van der Waals surface area (Å²) >= 11 is 0. The molecule has 1 aromatic rings. The van der Waals surface area contributed by atoms with E-state index in [1.165, 1.54) is 18.2 Å². The van der Waals surface area contributed by atoms with Crippen LogP contribution in [0.1, 0.15) is 17.9 Å². The van der Waals surface area contributed by atoms with E-state index < -0.39 is 23.7 Å². The molecule has 14 heavy (non-hydrogen) atoms. The summed E-state index contributed by atoms with van der Waals surface area (Å²) in [6.45, 7) is 0. The molecule has 4 heteroatoms. The van der Waals surface area contributed by atoms with Crippen molar-refractivity contribution in [3.63, 3.8) is 0 Å². The Morgan fingerprint density at radius 3 is 2.71 bits per heavy atom. The summed E-state index contributed by atoms with van der Waals surface area (Å²) in [5.41, 5.74) is 0.487. The molecule has 1 saturated heterocycles. The van der Waals surface area contributed by atoms with Crippen LogP contribution in [0.15, 0.2) is 24.3 Å². The standard InChI is InChI=1S/C10H7FO3/c11-7-3-1-2-6(4-7)8-5-9(12)14-10(8)13/h1-4,8H,5H2. The molecule has 1 heterocycles. The molecule has 0 amide bonds. The Balaban J connectivity index is 2.31. The first-order valence-corrected chi connectivity index (χ1v) is 4.17. The van der Waals surface area contributed by atoms with Gasteiger partial charge in [-0.15, -0.1) is 0 Å². The molecule has 1 aliphatic rings. The molecule has 1 atom stereocenters. The second kappa shape index (κ2) is 3.21. The van der Waals surface area contributed by atoms with E-state index in [2.05, 4.69) is 4.74 Å². The van der Waals surface area contributed by atoms with Crippen LogP contribution in [-0.2, 0) is 14.3 Å². The smallest absolute Gasteiger partial charge is 0.321 e. The summed E-state index contributed by atoms with van der Waals surface area (Å²) < 4.78 is 17.2. The Labute approximate surface area is 79.5 Å². The summed E-state index contributed by atoms with van der Waals surface area (Å²) in [4.78, 5) is 21.9. The zero-order valence-electron chi connectivity index (χ0n) is 7.20. The summed E-state index contributed by atoms with van der Waals surface area (Å²) in [5, 5.41) is 0. The summed E-state index contributed by atoms with van der Waals surface area (Å²) in [5.74, 6) is -2.21. The van der Waals surface area contributed by atoms with E-state index in [1.807, 2.05) is 0 Å². The van der Waals surface area contributed by atoms with Gasteiger partial charge in [-0.05, 0) is 17.7 Å². The normalized spacial score (nSPS) is 21.1. The molecular formula is C10H7FO3. The van der Waals surface area contributed by atoms with Crippen molar-refractivity contribution in [2.45, 2.75) is 12.3 Å². The fourth-order valence-electron chi connectivity index (χ4n) is 1.45. The summed E-state index contributed by atoms with van der Waals surface area (Å²) in [6, 6.07) is 5.63. The van der Waals surface area contributed by atoms with Gasteiger partial charge in [-0.25, -0.2) is 4.39 Å². The van der Waals surface area contributed by atoms with Gasteiger partial charge < -0.3 is 4.74 Å². The van der Waals surface area contributed by atoms with Crippen molar-refractivity contribution >= 4 is 11.9 Å². The Bertz CT molecular complexity index is 400. The molecule has 1 unspecified atom stereocenters. The molecule has 1 aromatic carbocycles. The Morgan fingerprint density at radius 2 is 2.14 bits per heavy atom. The zero-order valence-corrected chi connectivity index (χ0v) is 7.20. The van der Waals surface area contributed by atoms with Crippen LogP contribution in [0.4, 0.5) is 4.39 Å². The van der Waals surface area contributed by atoms with Crippen LogP contribution in [0.5, 0.6) is 0 Å². The number of rotatable bonds is 1. The van der Waals surface area contributed by atoms with Crippen LogP contribution in [0.3, 0.4) is 0 Å². The molecule has 0 aliphatic carbocycles. The van der Waals surface area contributed by atoms with E-state index in [1.54, 1.807) is 6.07 Å². The van der Waals surface area contributed by atoms with Gasteiger partial charge in [0.15, 0.2) is 0 Å². The number of hydrogen-bond acceptors (Lipinski definition) is 3. The lowest BCUT2D eigenvalue weighted by Gasteiger charge is -2.03. The first kappa shape index (κ1) is 8.87. The van der Waals surface area contributed by atoms with Gasteiger partial charge >= 0.3 is 11.9 Å². The van der Waals surface area contributed by atoms with Crippen molar-refractivity contribution in [1.29, 1.82) is 0 Å². The van der Waals surface area contributed by atoms with Crippen LogP contribution in [0.2, 0.25) is 0 Å². The highest BCUT2D eigenvalue weighted by Crippen LogP contribution is 2.27. The SMILES string of the molecule is O=C1CC(c2cccc(F)c2)C(=O)O1. The van der Waals surface area contributed by atoms with Crippen molar-refractivity contribution in [2.75, 3.05) is 0 Å². The summed E-state index contributed by atoms with van der Waals surface area (Å²) in [6.07, 6.45) is 0.00227. The number of carbonyl (C=O) groups is 2. The second-order valence-corrected chi connectivity index (χ2v) is 3.10. The van der Waals surface area contributed by atoms with E-state index in [9.17, 15) is 14.0 Å². The predicted octanol–water partition coefficient (Wildman–Crippen LogP) is 1.38. The average Bonchev–Trinajstić information content (AvgIpc) is 2.45.